The van der Waals surface area contributed by atoms with E-state index in [0.717, 1.165) is 12.8 Å². The molecule has 1 atom stereocenters. The number of halogens is 2. The number of amides is 1. The molecule has 0 spiro atoms. The monoisotopic (exact) mass is 456 g/mol. The third-order valence-corrected chi connectivity index (χ3v) is 7.60. The van der Waals surface area contributed by atoms with Crippen LogP contribution >= 0.6 is 23.2 Å². The van der Waals surface area contributed by atoms with E-state index < -0.39 is 10.0 Å². The van der Waals surface area contributed by atoms with Gasteiger partial charge in [-0.05, 0) is 37.1 Å². The van der Waals surface area contributed by atoms with E-state index in [1.807, 2.05) is 18.2 Å². The van der Waals surface area contributed by atoms with Gasteiger partial charge in [-0.1, -0.05) is 53.9 Å². The number of rotatable bonds is 7. The van der Waals surface area contributed by atoms with Gasteiger partial charge in [0, 0.05) is 18.3 Å². The Balaban J connectivity index is 1.64. The maximum Gasteiger partial charge on any atom is 0.250 e. The van der Waals surface area contributed by atoms with Gasteiger partial charge >= 0.3 is 0 Å². The Morgan fingerprint density at radius 1 is 1.10 bits per heavy atom. The predicted octanol–water partition coefficient (Wildman–Crippen LogP) is 4.19. The maximum atomic E-state index is 13.2. The van der Waals surface area contributed by atoms with Crippen LogP contribution in [0.4, 0.5) is 5.69 Å². The standard InChI is InChI=1S/C20H22Cl2N2O4S/c21-17-10-6-11-18(20(17)22)29(26,27)24-12-5-4-9-16(24)13-28-14-19(25)23-15-7-2-1-3-8-15/h1-3,6-8,10-11,16H,4-5,9,12-14H2,(H,23,25)/t16-/m1/s1. The van der Waals surface area contributed by atoms with Gasteiger partial charge in [-0.25, -0.2) is 8.42 Å². The molecule has 0 bridgehead atoms. The van der Waals surface area contributed by atoms with Crippen LogP contribution in [0, 0.1) is 0 Å². The molecule has 29 heavy (non-hydrogen) atoms. The van der Waals surface area contributed by atoms with E-state index in [1.54, 1.807) is 24.3 Å². The molecular formula is C20H22Cl2N2O4S. The lowest BCUT2D eigenvalue weighted by molar-refractivity contribution is -0.121. The molecule has 1 saturated heterocycles. The first-order valence-corrected chi connectivity index (χ1v) is 11.5. The molecule has 1 amide bonds. The minimum absolute atomic E-state index is 0.0135. The zero-order valence-electron chi connectivity index (χ0n) is 15.7. The summed E-state index contributed by atoms with van der Waals surface area (Å²) in [4.78, 5) is 12.0. The number of ether oxygens (including phenoxy) is 1. The summed E-state index contributed by atoms with van der Waals surface area (Å²) in [7, 11) is -3.83. The molecule has 156 valence electrons. The van der Waals surface area contributed by atoms with Gasteiger partial charge in [-0.15, -0.1) is 0 Å². The Hall–Kier alpha value is -1.64. The van der Waals surface area contributed by atoms with Gasteiger partial charge in [0.1, 0.15) is 11.5 Å². The van der Waals surface area contributed by atoms with Crippen molar-refractivity contribution in [2.45, 2.75) is 30.2 Å². The van der Waals surface area contributed by atoms with Gasteiger partial charge in [0.15, 0.2) is 0 Å². The van der Waals surface area contributed by atoms with Crippen LogP contribution in [0.3, 0.4) is 0 Å². The van der Waals surface area contributed by atoms with Crippen molar-refractivity contribution in [3.63, 3.8) is 0 Å². The second-order valence-electron chi connectivity index (χ2n) is 6.75. The highest BCUT2D eigenvalue weighted by Gasteiger charge is 2.35. The van der Waals surface area contributed by atoms with Crippen LogP contribution in [0.15, 0.2) is 53.4 Å². The number of anilines is 1. The highest BCUT2D eigenvalue weighted by atomic mass is 35.5. The summed E-state index contributed by atoms with van der Waals surface area (Å²) in [5, 5.41) is 2.94. The molecule has 1 N–H and O–H groups in total. The van der Waals surface area contributed by atoms with Crippen LogP contribution in [0.5, 0.6) is 0 Å². The van der Waals surface area contributed by atoms with Gasteiger partial charge in [-0.2, -0.15) is 4.31 Å². The first kappa shape index (κ1) is 22.1. The number of nitrogens with one attached hydrogen (secondary N) is 1. The van der Waals surface area contributed by atoms with Crippen LogP contribution in [0.1, 0.15) is 19.3 Å². The van der Waals surface area contributed by atoms with Crippen molar-refractivity contribution in [3.8, 4) is 0 Å². The molecule has 1 heterocycles. The van der Waals surface area contributed by atoms with E-state index in [2.05, 4.69) is 5.32 Å². The molecule has 2 aromatic carbocycles. The maximum absolute atomic E-state index is 13.2. The van der Waals surface area contributed by atoms with Crippen molar-refractivity contribution >= 4 is 44.8 Å². The molecule has 0 unspecified atom stereocenters. The Morgan fingerprint density at radius 3 is 2.62 bits per heavy atom. The number of para-hydroxylation sites is 1. The number of carbonyl (C=O) groups excluding carboxylic acids is 1. The normalized spacial score (nSPS) is 17.8. The lowest BCUT2D eigenvalue weighted by Gasteiger charge is -2.34. The average molecular weight is 457 g/mol. The molecule has 6 nitrogen and oxygen atoms in total. The van der Waals surface area contributed by atoms with E-state index in [-0.39, 0.29) is 40.1 Å². The molecule has 1 fully saturated rings. The van der Waals surface area contributed by atoms with Crippen LogP contribution < -0.4 is 5.32 Å². The minimum atomic E-state index is -3.83. The van der Waals surface area contributed by atoms with E-state index in [9.17, 15) is 13.2 Å². The van der Waals surface area contributed by atoms with E-state index >= 15 is 0 Å². The summed E-state index contributed by atoms with van der Waals surface area (Å²) < 4.78 is 33.3. The van der Waals surface area contributed by atoms with Gasteiger partial charge in [0.2, 0.25) is 15.9 Å². The highest BCUT2D eigenvalue weighted by Crippen LogP contribution is 2.33. The van der Waals surface area contributed by atoms with Crippen molar-refractivity contribution in [1.82, 2.24) is 4.31 Å². The van der Waals surface area contributed by atoms with Crippen LogP contribution in [0.2, 0.25) is 10.0 Å². The first-order valence-electron chi connectivity index (χ1n) is 9.28. The van der Waals surface area contributed by atoms with E-state index in [0.29, 0.717) is 18.7 Å². The summed E-state index contributed by atoms with van der Waals surface area (Å²) in [6.07, 6.45) is 2.29. The molecule has 9 heteroatoms. The summed E-state index contributed by atoms with van der Waals surface area (Å²) in [5.74, 6) is -0.292. The zero-order valence-corrected chi connectivity index (χ0v) is 18.0. The highest BCUT2D eigenvalue weighted by molar-refractivity contribution is 7.89. The Bertz CT molecular complexity index is 954. The van der Waals surface area contributed by atoms with Crippen molar-refractivity contribution < 1.29 is 17.9 Å². The second kappa shape index (κ2) is 9.91. The molecule has 0 radical (unpaired) electrons. The van der Waals surface area contributed by atoms with Crippen molar-refractivity contribution in [3.05, 3.63) is 58.6 Å². The first-order chi connectivity index (χ1) is 13.9. The Labute approximate surface area is 180 Å². The zero-order chi connectivity index (χ0) is 20.9. The largest absolute Gasteiger partial charge is 0.370 e. The molecular weight excluding hydrogens is 435 g/mol. The number of hydrogen-bond donors (Lipinski definition) is 1. The molecule has 1 aliphatic rings. The summed E-state index contributed by atoms with van der Waals surface area (Å²) in [6.45, 7) is 0.340. The molecule has 0 aromatic heterocycles. The fraction of sp³-hybridized carbons (Fsp3) is 0.350. The quantitative estimate of drug-likeness (QED) is 0.677. The van der Waals surface area contributed by atoms with E-state index in [1.165, 1.54) is 10.4 Å². The molecule has 2 aromatic rings. The number of hydrogen-bond acceptors (Lipinski definition) is 4. The van der Waals surface area contributed by atoms with Crippen molar-refractivity contribution in [1.29, 1.82) is 0 Å². The summed E-state index contributed by atoms with van der Waals surface area (Å²) in [5.41, 5.74) is 0.679. The number of benzene rings is 2. The number of carbonyl (C=O) groups is 1. The molecule has 0 aliphatic carbocycles. The van der Waals surface area contributed by atoms with Crippen LogP contribution in [-0.4, -0.2) is 44.4 Å². The number of nitrogens with zero attached hydrogens (tertiary/aromatic N) is 1. The third kappa shape index (κ3) is 5.49. The van der Waals surface area contributed by atoms with Gasteiger partial charge in [-0.3, -0.25) is 4.79 Å². The Morgan fingerprint density at radius 2 is 1.86 bits per heavy atom. The Kier molecular flexibility index (Phi) is 7.54. The third-order valence-electron chi connectivity index (χ3n) is 4.68. The van der Waals surface area contributed by atoms with Gasteiger partial charge in [0.25, 0.3) is 0 Å². The lowest BCUT2D eigenvalue weighted by Crippen LogP contribution is -2.46. The fourth-order valence-corrected chi connectivity index (χ4v) is 5.69. The van der Waals surface area contributed by atoms with Crippen LogP contribution in [0.25, 0.3) is 0 Å². The average Bonchev–Trinajstić information content (AvgIpc) is 2.71. The van der Waals surface area contributed by atoms with Crippen molar-refractivity contribution in [2.75, 3.05) is 25.1 Å². The molecule has 3 rings (SSSR count). The number of sulfonamides is 1. The fourth-order valence-electron chi connectivity index (χ4n) is 3.27. The van der Waals surface area contributed by atoms with Crippen LogP contribution in [-0.2, 0) is 19.6 Å². The SMILES string of the molecule is O=C(COC[C@H]1CCCCN1S(=O)(=O)c1cccc(Cl)c1Cl)Nc1ccccc1. The lowest BCUT2D eigenvalue weighted by atomic mass is 10.1. The topological polar surface area (TPSA) is 75.7 Å². The van der Waals surface area contributed by atoms with Crippen molar-refractivity contribution in [2.24, 2.45) is 0 Å². The molecule has 0 saturated carbocycles. The van der Waals surface area contributed by atoms with Gasteiger partial charge < -0.3 is 10.1 Å². The van der Waals surface area contributed by atoms with E-state index in [4.69, 9.17) is 27.9 Å². The summed E-state index contributed by atoms with van der Waals surface area (Å²) >= 11 is 12.1. The summed E-state index contributed by atoms with van der Waals surface area (Å²) in [6, 6.07) is 13.2. The number of piperidine rings is 1. The smallest absolute Gasteiger partial charge is 0.250 e. The molecule has 1 aliphatic heterocycles. The predicted molar refractivity (Wildman–Crippen MR) is 114 cm³/mol. The minimum Gasteiger partial charge on any atom is -0.370 e. The second-order valence-corrected chi connectivity index (χ2v) is 9.39. The van der Waals surface area contributed by atoms with Gasteiger partial charge in [0.05, 0.1) is 16.7 Å².